The lowest BCUT2D eigenvalue weighted by atomic mass is 9.98. The fraction of sp³-hybridized carbons (Fsp3) is 0.600. The van der Waals surface area contributed by atoms with E-state index in [4.69, 9.17) is 0 Å². The molecule has 0 atom stereocenters. The topological polar surface area (TPSA) is 32.3 Å². The Balaban J connectivity index is 1.54. The van der Waals surface area contributed by atoms with Crippen molar-refractivity contribution in [1.82, 2.24) is 5.32 Å². The first-order valence-corrected chi connectivity index (χ1v) is 8.61. The van der Waals surface area contributed by atoms with Crippen LogP contribution >= 0.6 is 31.9 Å². The van der Waals surface area contributed by atoms with E-state index in [0.717, 1.165) is 39.8 Å². The van der Waals surface area contributed by atoms with E-state index < -0.39 is 0 Å². The SMILES string of the molecule is Oc1c(Br)cc(CNCC(C2CC2)C2CC2)cc1Br. The summed E-state index contributed by atoms with van der Waals surface area (Å²) in [6, 6.07) is 3.96. The first kappa shape index (κ1) is 13.9. The van der Waals surface area contributed by atoms with Crippen molar-refractivity contribution in [2.45, 2.75) is 32.2 Å². The van der Waals surface area contributed by atoms with Crippen LogP contribution in [0.5, 0.6) is 5.75 Å². The number of benzene rings is 1. The van der Waals surface area contributed by atoms with E-state index in [1.54, 1.807) is 0 Å². The fourth-order valence-corrected chi connectivity index (χ4v) is 4.15. The summed E-state index contributed by atoms with van der Waals surface area (Å²) in [5.41, 5.74) is 1.20. The van der Waals surface area contributed by atoms with Crippen molar-refractivity contribution in [3.8, 4) is 5.75 Å². The highest BCUT2D eigenvalue weighted by atomic mass is 79.9. The lowest BCUT2D eigenvalue weighted by Crippen LogP contribution is -2.25. The Hall–Kier alpha value is -0.0600. The summed E-state index contributed by atoms with van der Waals surface area (Å²) in [5.74, 6) is 3.18. The van der Waals surface area contributed by atoms with Crippen LogP contribution in [-0.2, 0) is 6.54 Å². The molecule has 0 amide bonds. The number of rotatable bonds is 6. The summed E-state index contributed by atoms with van der Waals surface area (Å²) in [7, 11) is 0. The van der Waals surface area contributed by atoms with E-state index in [0.29, 0.717) is 0 Å². The van der Waals surface area contributed by atoms with E-state index >= 15 is 0 Å². The molecular formula is C15H19Br2NO. The van der Waals surface area contributed by atoms with Gasteiger partial charge in [0.05, 0.1) is 8.95 Å². The quantitative estimate of drug-likeness (QED) is 0.754. The van der Waals surface area contributed by atoms with Gasteiger partial charge in [-0.15, -0.1) is 0 Å². The maximum absolute atomic E-state index is 9.69. The van der Waals surface area contributed by atoms with E-state index in [9.17, 15) is 5.11 Å². The molecule has 0 heterocycles. The minimum atomic E-state index is 0.276. The lowest BCUT2D eigenvalue weighted by Gasteiger charge is -2.16. The number of halogens is 2. The van der Waals surface area contributed by atoms with Gasteiger partial charge in [-0.25, -0.2) is 0 Å². The van der Waals surface area contributed by atoms with Gasteiger partial charge in [0.15, 0.2) is 0 Å². The molecule has 2 nitrogen and oxygen atoms in total. The van der Waals surface area contributed by atoms with Crippen LogP contribution in [0.4, 0.5) is 0 Å². The van der Waals surface area contributed by atoms with Crippen LogP contribution in [0.15, 0.2) is 21.1 Å². The average molecular weight is 389 g/mol. The molecular weight excluding hydrogens is 370 g/mol. The Kier molecular flexibility index (Phi) is 4.20. The number of phenols is 1. The van der Waals surface area contributed by atoms with Gasteiger partial charge in [-0.2, -0.15) is 0 Å². The zero-order valence-corrected chi connectivity index (χ0v) is 14.0. The average Bonchev–Trinajstić information content (AvgIpc) is 3.25. The minimum Gasteiger partial charge on any atom is -0.506 e. The van der Waals surface area contributed by atoms with Gasteiger partial charge in [0.1, 0.15) is 5.75 Å². The number of hydrogen-bond acceptors (Lipinski definition) is 2. The van der Waals surface area contributed by atoms with Crippen molar-refractivity contribution < 1.29 is 5.11 Å². The molecule has 2 N–H and O–H groups in total. The van der Waals surface area contributed by atoms with Crippen LogP contribution in [0.1, 0.15) is 31.2 Å². The van der Waals surface area contributed by atoms with Crippen molar-refractivity contribution in [3.63, 3.8) is 0 Å². The first-order chi connectivity index (χ1) is 9.15. The molecule has 4 heteroatoms. The van der Waals surface area contributed by atoms with Gasteiger partial charge in [-0.3, -0.25) is 0 Å². The lowest BCUT2D eigenvalue weighted by molar-refractivity contribution is 0.378. The normalized spacial score (nSPS) is 19.1. The monoisotopic (exact) mass is 387 g/mol. The molecule has 0 spiro atoms. The highest BCUT2D eigenvalue weighted by Gasteiger charge is 2.40. The van der Waals surface area contributed by atoms with Crippen molar-refractivity contribution in [2.75, 3.05) is 6.54 Å². The minimum absolute atomic E-state index is 0.276. The first-order valence-electron chi connectivity index (χ1n) is 7.02. The predicted molar refractivity (Wildman–Crippen MR) is 84.2 cm³/mol. The second-order valence-electron chi connectivity index (χ2n) is 5.88. The van der Waals surface area contributed by atoms with E-state index in [-0.39, 0.29) is 5.75 Å². The van der Waals surface area contributed by atoms with Gasteiger partial charge >= 0.3 is 0 Å². The number of phenolic OH excluding ortho intramolecular Hbond substituents is 1. The summed E-state index contributed by atoms with van der Waals surface area (Å²) in [5, 5.41) is 13.3. The second kappa shape index (κ2) is 5.74. The van der Waals surface area contributed by atoms with Gasteiger partial charge in [0, 0.05) is 6.54 Å². The number of hydrogen-bond donors (Lipinski definition) is 2. The Morgan fingerprint density at radius 1 is 1.11 bits per heavy atom. The summed E-state index contributed by atoms with van der Waals surface area (Å²) in [4.78, 5) is 0. The predicted octanol–water partition coefficient (Wildman–Crippen LogP) is 4.44. The summed E-state index contributed by atoms with van der Waals surface area (Å²) >= 11 is 6.75. The molecule has 0 saturated heterocycles. The molecule has 2 aliphatic rings. The molecule has 0 unspecified atom stereocenters. The highest BCUT2D eigenvalue weighted by molar-refractivity contribution is 9.11. The Morgan fingerprint density at radius 2 is 1.63 bits per heavy atom. The van der Waals surface area contributed by atoms with Crippen molar-refractivity contribution in [3.05, 3.63) is 26.6 Å². The second-order valence-corrected chi connectivity index (χ2v) is 7.59. The smallest absolute Gasteiger partial charge is 0.143 e. The maximum atomic E-state index is 9.69. The Labute approximate surface area is 131 Å². The molecule has 2 fully saturated rings. The number of nitrogens with one attached hydrogen (secondary N) is 1. The Bertz CT molecular complexity index is 434. The zero-order chi connectivity index (χ0) is 13.4. The number of aromatic hydroxyl groups is 1. The van der Waals surface area contributed by atoms with Crippen LogP contribution in [0.3, 0.4) is 0 Å². The van der Waals surface area contributed by atoms with Gasteiger partial charge in [0.25, 0.3) is 0 Å². The van der Waals surface area contributed by atoms with Crippen LogP contribution < -0.4 is 5.32 Å². The highest BCUT2D eigenvalue weighted by Crippen LogP contribution is 2.48. The largest absolute Gasteiger partial charge is 0.506 e. The summed E-state index contributed by atoms with van der Waals surface area (Å²) < 4.78 is 1.50. The van der Waals surface area contributed by atoms with Crippen molar-refractivity contribution in [1.29, 1.82) is 0 Å². The fourth-order valence-electron chi connectivity index (χ4n) is 2.87. The van der Waals surface area contributed by atoms with Crippen LogP contribution in [-0.4, -0.2) is 11.7 Å². The van der Waals surface area contributed by atoms with Crippen molar-refractivity contribution >= 4 is 31.9 Å². The van der Waals surface area contributed by atoms with E-state index in [1.807, 2.05) is 12.1 Å². The maximum Gasteiger partial charge on any atom is 0.143 e. The third kappa shape index (κ3) is 3.53. The van der Waals surface area contributed by atoms with E-state index in [1.165, 1.54) is 31.2 Å². The molecule has 0 radical (unpaired) electrons. The Morgan fingerprint density at radius 3 is 2.11 bits per heavy atom. The molecule has 0 aliphatic heterocycles. The molecule has 104 valence electrons. The van der Waals surface area contributed by atoms with Crippen LogP contribution in [0, 0.1) is 17.8 Å². The van der Waals surface area contributed by atoms with Gasteiger partial charge in [-0.1, -0.05) is 0 Å². The molecule has 3 rings (SSSR count). The summed E-state index contributed by atoms with van der Waals surface area (Å²) in [6.07, 6.45) is 5.77. The molecule has 1 aromatic carbocycles. The van der Waals surface area contributed by atoms with E-state index in [2.05, 4.69) is 37.2 Å². The molecule has 19 heavy (non-hydrogen) atoms. The van der Waals surface area contributed by atoms with Gasteiger partial charge < -0.3 is 10.4 Å². The third-order valence-corrected chi connectivity index (χ3v) is 5.45. The summed E-state index contributed by atoms with van der Waals surface area (Å²) in [6.45, 7) is 2.01. The molecule has 1 aromatic rings. The molecule has 0 aromatic heterocycles. The zero-order valence-electron chi connectivity index (χ0n) is 10.8. The van der Waals surface area contributed by atoms with Crippen molar-refractivity contribution in [2.24, 2.45) is 17.8 Å². The standard InChI is InChI=1S/C15H19Br2NO/c16-13-5-9(6-14(17)15(13)19)7-18-8-12(10-1-2-10)11-3-4-11/h5-6,10-12,18-19H,1-4,7-8H2. The van der Waals surface area contributed by atoms with Gasteiger partial charge in [0.2, 0.25) is 0 Å². The van der Waals surface area contributed by atoms with Gasteiger partial charge in [-0.05, 0) is 99.5 Å². The van der Waals surface area contributed by atoms with Crippen LogP contribution in [0.25, 0.3) is 0 Å². The third-order valence-electron chi connectivity index (χ3n) is 4.24. The molecule has 0 bridgehead atoms. The molecule has 2 aliphatic carbocycles. The van der Waals surface area contributed by atoms with Crippen LogP contribution in [0.2, 0.25) is 0 Å². The molecule has 2 saturated carbocycles.